The zero-order valence-electron chi connectivity index (χ0n) is 12.6. The highest BCUT2D eigenvalue weighted by Gasteiger charge is 2.18. The Bertz CT molecular complexity index is 661. The van der Waals surface area contributed by atoms with Crippen molar-refractivity contribution in [3.8, 4) is 5.75 Å². The molecule has 0 radical (unpaired) electrons. The van der Waals surface area contributed by atoms with Gasteiger partial charge in [-0.05, 0) is 32.0 Å². The molecule has 0 aliphatic rings. The van der Waals surface area contributed by atoms with Crippen LogP contribution in [0, 0.1) is 13.8 Å². The lowest BCUT2D eigenvalue weighted by Crippen LogP contribution is -2.28. The van der Waals surface area contributed by atoms with Crippen molar-refractivity contribution in [2.24, 2.45) is 0 Å². The summed E-state index contributed by atoms with van der Waals surface area (Å²) in [4.78, 5) is 12.9. The van der Waals surface area contributed by atoms with Crippen LogP contribution in [-0.4, -0.2) is 35.8 Å². The van der Waals surface area contributed by atoms with E-state index in [-0.39, 0.29) is 10.6 Å². The number of aromatic nitrogens is 2. The fourth-order valence-corrected chi connectivity index (χ4v) is 2.63. The normalized spacial score (nSPS) is 10.7. The minimum atomic E-state index is -2.96. The van der Waals surface area contributed by atoms with Gasteiger partial charge in [-0.1, -0.05) is 0 Å². The second-order valence-electron chi connectivity index (χ2n) is 4.67. The molecule has 23 heavy (non-hydrogen) atoms. The topological polar surface area (TPSA) is 76.1 Å². The number of halogens is 2. The number of alkyl halides is 2. The van der Waals surface area contributed by atoms with Gasteiger partial charge in [0.1, 0.15) is 16.4 Å². The predicted octanol–water partition coefficient (Wildman–Crippen LogP) is 2.60. The average Bonchev–Trinajstić information content (AvgIpc) is 2.85. The van der Waals surface area contributed by atoms with Gasteiger partial charge >= 0.3 is 6.61 Å². The highest BCUT2D eigenvalue weighted by Crippen LogP contribution is 2.30. The molecule has 0 saturated carbocycles. The number of nitrogens with zero attached hydrogens (tertiary/aromatic N) is 2. The van der Waals surface area contributed by atoms with Crippen LogP contribution in [0.3, 0.4) is 0 Å². The number of amides is 1. The lowest BCUT2D eigenvalue weighted by atomic mass is 10.3. The first kappa shape index (κ1) is 17.1. The van der Waals surface area contributed by atoms with Crippen LogP contribution in [0.25, 0.3) is 0 Å². The first-order valence-electron chi connectivity index (χ1n) is 6.83. The molecule has 0 aliphatic carbocycles. The van der Waals surface area contributed by atoms with Crippen molar-refractivity contribution in [3.05, 3.63) is 33.6 Å². The standard InChI is InChI=1S/C14H16F2N4O2S/c1-8-3-4-11(20-19-8)17-5-6-18-13(21)12-10(22-14(15)16)7-9(2)23-12/h3-4,7,14H,5-6H2,1-2H3,(H,17,20)(H,18,21). The first-order chi connectivity index (χ1) is 11.0. The van der Waals surface area contributed by atoms with Gasteiger partial charge in [0.2, 0.25) is 0 Å². The number of rotatable bonds is 7. The van der Waals surface area contributed by atoms with Gasteiger partial charge in [-0.25, -0.2) is 0 Å². The Morgan fingerprint density at radius 2 is 2.09 bits per heavy atom. The average molecular weight is 342 g/mol. The molecule has 0 saturated heterocycles. The summed E-state index contributed by atoms with van der Waals surface area (Å²) in [7, 11) is 0. The molecule has 0 unspecified atom stereocenters. The molecule has 0 bridgehead atoms. The monoisotopic (exact) mass is 342 g/mol. The van der Waals surface area contributed by atoms with Crippen LogP contribution in [0.4, 0.5) is 14.6 Å². The first-order valence-corrected chi connectivity index (χ1v) is 7.65. The SMILES string of the molecule is Cc1ccc(NCCNC(=O)c2sc(C)cc2OC(F)F)nn1. The highest BCUT2D eigenvalue weighted by atomic mass is 32.1. The molecular weight excluding hydrogens is 326 g/mol. The second kappa shape index (κ2) is 7.82. The summed E-state index contributed by atoms with van der Waals surface area (Å²) >= 11 is 1.11. The van der Waals surface area contributed by atoms with Crippen molar-refractivity contribution < 1.29 is 18.3 Å². The molecule has 2 aromatic rings. The zero-order valence-corrected chi connectivity index (χ0v) is 13.4. The van der Waals surface area contributed by atoms with E-state index in [9.17, 15) is 13.6 Å². The van der Waals surface area contributed by atoms with Crippen molar-refractivity contribution in [2.45, 2.75) is 20.5 Å². The molecule has 1 amide bonds. The molecule has 0 fully saturated rings. The smallest absolute Gasteiger partial charge is 0.387 e. The van der Waals surface area contributed by atoms with Crippen molar-refractivity contribution in [3.63, 3.8) is 0 Å². The maximum Gasteiger partial charge on any atom is 0.387 e. The largest absolute Gasteiger partial charge is 0.433 e. The Balaban J connectivity index is 1.84. The Hall–Kier alpha value is -2.29. The van der Waals surface area contributed by atoms with Crippen LogP contribution in [0.2, 0.25) is 0 Å². The van der Waals surface area contributed by atoms with Gasteiger partial charge in [-0.3, -0.25) is 4.79 Å². The number of thiophene rings is 1. The summed E-state index contributed by atoms with van der Waals surface area (Å²) in [5.41, 5.74) is 0.809. The van der Waals surface area contributed by atoms with Gasteiger partial charge in [0.25, 0.3) is 5.91 Å². The number of aryl methyl sites for hydroxylation is 2. The van der Waals surface area contributed by atoms with Crippen molar-refractivity contribution in [1.29, 1.82) is 0 Å². The van der Waals surface area contributed by atoms with Gasteiger partial charge < -0.3 is 15.4 Å². The van der Waals surface area contributed by atoms with E-state index in [0.29, 0.717) is 18.9 Å². The Morgan fingerprint density at radius 3 is 2.74 bits per heavy atom. The zero-order chi connectivity index (χ0) is 16.8. The third kappa shape index (κ3) is 5.13. The third-order valence-corrected chi connectivity index (χ3v) is 3.79. The van der Waals surface area contributed by atoms with Gasteiger partial charge in [-0.2, -0.15) is 13.9 Å². The fourth-order valence-electron chi connectivity index (χ4n) is 1.77. The molecule has 124 valence electrons. The maximum absolute atomic E-state index is 12.3. The fraction of sp³-hybridized carbons (Fsp3) is 0.357. The number of carbonyl (C=O) groups is 1. The van der Waals surface area contributed by atoms with Gasteiger partial charge in [0, 0.05) is 18.0 Å². The van der Waals surface area contributed by atoms with Gasteiger partial charge in [0.15, 0.2) is 0 Å². The number of hydrogen-bond donors (Lipinski definition) is 2. The van der Waals surface area contributed by atoms with Crippen molar-refractivity contribution >= 4 is 23.1 Å². The number of carbonyl (C=O) groups excluding carboxylic acids is 1. The molecule has 9 heteroatoms. The summed E-state index contributed by atoms with van der Waals surface area (Å²) in [6.07, 6.45) is 0. The van der Waals surface area contributed by atoms with Crippen molar-refractivity contribution in [1.82, 2.24) is 15.5 Å². The molecule has 0 spiro atoms. The predicted molar refractivity (Wildman–Crippen MR) is 83.3 cm³/mol. The Labute approximate surface area is 135 Å². The number of anilines is 1. The maximum atomic E-state index is 12.3. The molecule has 0 aromatic carbocycles. The second-order valence-corrected chi connectivity index (χ2v) is 5.93. The van der Waals surface area contributed by atoms with E-state index in [4.69, 9.17) is 0 Å². The molecule has 2 heterocycles. The lowest BCUT2D eigenvalue weighted by molar-refractivity contribution is -0.0498. The van der Waals surface area contributed by atoms with E-state index in [2.05, 4.69) is 25.6 Å². The van der Waals surface area contributed by atoms with Gasteiger partial charge in [0.05, 0.1) is 5.69 Å². The van der Waals surface area contributed by atoms with Crippen LogP contribution in [-0.2, 0) is 0 Å². The molecule has 6 nitrogen and oxygen atoms in total. The Kier molecular flexibility index (Phi) is 5.80. The van der Waals surface area contributed by atoms with Crippen LogP contribution in [0.5, 0.6) is 5.75 Å². The van der Waals surface area contributed by atoms with Crippen molar-refractivity contribution in [2.75, 3.05) is 18.4 Å². The summed E-state index contributed by atoms with van der Waals surface area (Å²) in [6, 6.07) is 5.02. The number of nitrogens with one attached hydrogen (secondary N) is 2. The minimum Gasteiger partial charge on any atom is -0.433 e. The van der Waals surface area contributed by atoms with Crippen LogP contribution < -0.4 is 15.4 Å². The van der Waals surface area contributed by atoms with E-state index in [1.807, 2.05) is 13.0 Å². The summed E-state index contributed by atoms with van der Waals surface area (Å²) in [5.74, 6) is 0.0476. The van der Waals surface area contributed by atoms with E-state index in [1.165, 1.54) is 6.07 Å². The number of ether oxygens (including phenoxy) is 1. The number of hydrogen-bond acceptors (Lipinski definition) is 6. The Morgan fingerprint density at radius 1 is 1.30 bits per heavy atom. The van der Waals surface area contributed by atoms with E-state index < -0.39 is 12.5 Å². The molecule has 2 rings (SSSR count). The summed E-state index contributed by atoms with van der Waals surface area (Å²) < 4.78 is 29.0. The van der Waals surface area contributed by atoms with E-state index >= 15 is 0 Å². The van der Waals surface area contributed by atoms with Crippen LogP contribution in [0.1, 0.15) is 20.2 Å². The van der Waals surface area contributed by atoms with Gasteiger partial charge in [-0.15, -0.1) is 16.4 Å². The summed E-state index contributed by atoms with van der Waals surface area (Å²) in [6.45, 7) is 1.33. The molecule has 2 aromatic heterocycles. The summed E-state index contributed by atoms with van der Waals surface area (Å²) in [5, 5.41) is 13.5. The molecular formula is C14H16F2N4O2S. The molecule has 0 atom stereocenters. The van der Waals surface area contributed by atoms with Crippen LogP contribution >= 0.6 is 11.3 Å². The third-order valence-electron chi connectivity index (χ3n) is 2.76. The van der Waals surface area contributed by atoms with E-state index in [0.717, 1.165) is 21.9 Å². The lowest BCUT2D eigenvalue weighted by Gasteiger charge is -2.08. The van der Waals surface area contributed by atoms with Crippen LogP contribution in [0.15, 0.2) is 18.2 Å². The highest BCUT2D eigenvalue weighted by molar-refractivity contribution is 7.14. The van der Waals surface area contributed by atoms with E-state index in [1.54, 1.807) is 13.0 Å². The minimum absolute atomic E-state index is 0.0997. The molecule has 0 aliphatic heterocycles. The molecule has 2 N–H and O–H groups in total. The quantitative estimate of drug-likeness (QED) is 0.757.